The first-order valence-electron chi connectivity index (χ1n) is 5.15. The van der Waals surface area contributed by atoms with E-state index in [9.17, 15) is 9.18 Å². The number of aromatic nitrogens is 1. The number of benzene rings is 1. The second-order valence-electron chi connectivity index (χ2n) is 3.69. The predicted molar refractivity (Wildman–Crippen MR) is 75.7 cm³/mol. The van der Waals surface area contributed by atoms with Gasteiger partial charge in [0, 0.05) is 16.4 Å². The van der Waals surface area contributed by atoms with Crippen LogP contribution in [0.2, 0.25) is 5.15 Å². The number of halogens is 3. The summed E-state index contributed by atoms with van der Waals surface area (Å²) in [6.45, 7) is 0. The molecule has 0 saturated heterocycles. The maximum atomic E-state index is 13.6. The van der Waals surface area contributed by atoms with Gasteiger partial charge in [0.05, 0.1) is 11.3 Å². The highest BCUT2D eigenvalue weighted by molar-refractivity contribution is 9.10. The second kappa shape index (κ2) is 5.54. The fourth-order valence-corrected chi connectivity index (χ4v) is 1.90. The third-order valence-corrected chi connectivity index (χ3v) is 3.03. The Balaban J connectivity index is 2.28. The third-order valence-electron chi connectivity index (χ3n) is 2.29. The molecule has 0 fully saturated rings. The summed E-state index contributed by atoms with van der Waals surface area (Å²) in [6, 6.07) is 5.40. The van der Waals surface area contributed by atoms with Crippen LogP contribution in [0.3, 0.4) is 0 Å². The van der Waals surface area contributed by atoms with E-state index in [0.717, 1.165) is 6.07 Å². The molecule has 1 aromatic carbocycles. The van der Waals surface area contributed by atoms with Crippen molar-refractivity contribution in [3.8, 4) is 0 Å². The van der Waals surface area contributed by atoms with E-state index in [1.165, 1.54) is 18.3 Å². The molecule has 1 amide bonds. The van der Waals surface area contributed by atoms with Gasteiger partial charge in [-0.3, -0.25) is 4.79 Å². The average Bonchev–Trinajstić information content (AvgIpc) is 2.33. The molecule has 7 heteroatoms. The van der Waals surface area contributed by atoms with Crippen molar-refractivity contribution in [3.63, 3.8) is 0 Å². The van der Waals surface area contributed by atoms with Crippen LogP contribution in [0.1, 0.15) is 10.4 Å². The fourth-order valence-electron chi connectivity index (χ4n) is 1.42. The van der Waals surface area contributed by atoms with Crippen LogP contribution in [0.15, 0.2) is 34.9 Å². The minimum Gasteiger partial charge on any atom is -0.399 e. The molecule has 98 valence electrons. The molecular weight excluding hydrogens is 337 g/mol. The summed E-state index contributed by atoms with van der Waals surface area (Å²) in [5.41, 5.74) is 5.83. The molecule has 19 heavy (non-hydrogen) atoms. The van der Waals surface area contributed by atoms with E-state index in [1.54, 1.807) is 6.07 Å². The van der Waals surface area contributed by atoms with E-state index in [0.29, 0.717) is 4.47 Å². The number of nitrogens with one attached hydrogen (secondary N) is 1. The zero-order valence-electron chi connectivity index (χ0n) is 9.45. The van der Waals surface area contributed by atoms with Crippen LogP contribution in [0.4, 0.5) is 15.8 Å². The topological polar surface area (TPSA) is 68.0 Å². The van der Waals surface area contributed by atoms with Crippen molar-refractivity contribution in [3.05, 3.63) is 51.5 Å². The maximum Gasteiger partial charge on any atom is 0.258 e. The van der Waals surface area contributed by atoms with Gasteiger partial charge >= 0.3 is 0 Å². The van der Waals surface area contributed by atoms with E-state index in [1.807, 2.05) is 0 Å². The monoisotopic (exact) mass is 343 g/mol. The van der Waals surface area contributed by atoms with Gasteiger partial charge in [-0.1, -0.05) is 11.6 Å². The van der Waals surface area contributed by atoms with Crippen molar-refractivity contribution < 1.29 is 9.18 Å². The number of carbonyl (C=O) groups excluding carboxylic acids is 1. The average molecular weight is 345 g/mol. The van der Waals surface area contributed by atoms with Crippen LogP contribution in [-0.4, -0.2) is 10.9 Å². The minimum atomic E-state index is -0.698. The van der Waals surface area contributed by atoms with Crippen LogP contribution in [0.5, 0.6) is 0 Å². The molecule has 3 N–H and O–H groups in total. The Bertz CT molecular complexity index is 651. The number of hydrogen-bond acceptors (Lipinski definition) is 3. The van der Waals surface area contributed by atoms with E-state index in [4.69, 9.17) is 17.3 Å². The molecule has 2 rings (SSSR count). The minimum absolute atomic E-state index is 0.118. The smallest absolute Gasteiger partial charge is 0.258 e. The summed E-state index contributed by atoms with van der Waals surface area (Å²) >= 11 is 9.04. The summed E-state index contributed by atoms with van der Waals surface area (Å²) in [5.74, 6) is -1.32. The van der Waals surface area contributed by atoms with Crippen molar-refractivity contribution in [2.45, 2.75) is 0 Å². The number of nitrogens with zero attached hydrogens (tertiary/aromatic N) is 1. The Morgan fingerprint density at radius 2 is 2.16 bits per heavy atom. The molecule has 0 atom stereocenters. The highest BCUT2D eigenvalue weighted by atomic mass is 79.9. The van der Waals surface area contributed by atoms with E-state index >= 15 is 0 Å². The summed E-state index contributed by atoms with van der Waals surface area (Å²) < 4.78 is 14.2. The van der Waals surface area contributed by atoms with Crippen molar-refractivity contribution in [1.82, 2.24) is 4.98 Å². The van der Waals surface area contributed by atoms with Crippen molar-refractivity contribution in [1.29, 1.82) is 0 Å². The van der Waals surface area contributed by atoms with E-state index in [2.05, 4.69) is 26.2 Å². The largest absolute Gasteiger partial charge is 0.399 e. The number of amides is 1. The lowest BCUT2D eigenvalue weighted by Crippen LogP contribution is -2.14. The van der Waals surface area contributed by atoms with Crippen LogP contribution < -0.4 is 11.1 Å². The van der Waals surface area contributed by atoms with Crippen LogP contribution >= 0.6 is 27.5 Å². The quantitative estimate of drug-likeness (QED) is 0.647. The molecule has 0 unspecified atom stereocenters. The third kappa shape index (κ3) is 3.21. The summed E-state index contributed by atoms with van der Waals surface area (Å²) in [4.78, 5) is 15.8. The van der Waals surface area contributed by atoms with Crippen molar-refractivity contribution in [2.24, 2.45) is 0 Å². The summed E-state index contributed by atoms with van der Waals surface area (Å²) in [6.07, 6.45) is 1.49. The van der Waals surface area contributed by atoms with Crippen LogP contribution in [-0.2, 0) is 0 Å². The summed E-state index contributed by atoms with van der Waals surface area (Å²) in [7, 11) is 0. The van der Waals surface area contributed by atoms with Gasteiger partial charge < -0.3 is 11.1 Å². The first-order chi connectivity index (χ1) is 8.97. The van der Waals surface area contributed by atoms with Gasteiger partial charge in [0.15, 0.2) is 5.15 Å². The van der Waals surface area contributed by atoms with Crippen molar-refractivity contribution >= 4 is 44.8 Å². The number of nitrogen functional groups attached to an aromatic ring is 1. The Labute approximate surface area is 121 Å². The standard InChI is InChI=1S/C12H8BrClFN3O/c13-6-3-10(11(14)17-5-6)18-12(19)8-2-1-7(16)4-9(8)15/h1-5H,16H2,(H,18,19). The van der Waals surface area contributed by atoms with Crippen molar-refractivity contribution in [2.75, 3.05) is 11.1 Å². The molecule has 0 radical (unpaired) electrons. The van der Waals surface area contributed by atoms with Gasteiger partial charge in [0.25, 0.3) is 5.91 Å². The lowest BCUT2D eigenvalue weighted by molar-refractivity contribution is 0.102. The van der Waals surface area contributed by atoms with Gasteiger partial charge in [0.2, 0.25) is 0 Å². The van der Waals surface area contributed by atoms with Crippen LogP contribution in [0.25, 0.3) is 0 Å². The Hall–Kier alpha value is -1.66. The zero-order valence-corrected chi connectivity index (χ0v) is 11.8. The summed E-state index contributed by atoms with van der Waals surface area (Å²) in [5, 5.41) is 2.60. The first kappa shape index (κ1) is 13.8. The molecule has 0 spiro atoms. The highest BCUT2D eigenvalue weighted by Gasteiger charge is 2.14. The Morgan fingerprint density at radius 3 is 2.84 bits per heavy atom. The van der Waals surface area contributed by atoms with Crippen LogP contribution in [0, 0.1) is 5.82 Å². The highest BCUT2D eigenvalue weighted by Crippen LogP contribution is 2.24. The normalized spacial score (nSPS) is 10.3. The molecule has 0 aliphatic carbocycles. The Kier molecular flexibility index (Phi) is 4.01. The van der Waals surface area contributed by atoms with E-state index < -0.39 is 11.7 Å². The number of carbonyl (C=O) groups is 1. The second-order valence-corrected chi connectivity index (χ2v) is 4.96. The first-order valence-corrected chi connectivity index (χ1v) is 6.32. The predicted octanol–water partition coefficient (Wildman–Crippen LogP) is 3.47. The molecule has 4 nitrogen and oxygen atoms in total. The molecule has 0 saturated carbocycles. The maximum absolute atomic E-state index is 13.6. The number of hydrogen-bond donors (Lipinski definition) is 2. The number of pyridine rings is 1. The molecule has 0 aliphatic heterocycles. The van der Waals surface area contributed by atoms with Gasteiger partial charge in [-0.25, -0.2) is 9.37 Å². The molecule has 1 aromatic heterocycles. The molecular formula is C12H8BrClFN3O. The van der Waals surface area contributed by atoms with E-state index in [-0.39, 0.29) is 22.1 Å². The lowest BCUT2D eigenvalue weighted by atomic mass is 10.2. The van der Waals surface area contributed by atoms with Gasteiger partial charge in [-0.05, 0) is 40.2 Å². The molecule has 2 aromatic rings. The number of anilines is 2. The number of nitrogens with two attached hydrogens (primary N) is 1. The Morgan fingerprint density at radius 1 is 1.42 bits per heavy atom. The zero-order chi connectivity index (χ0) is 14.0. The number of rotatable bonds is 2. The molecule has 0 aliphatic rings. The molecule has 0 bridgehead atoms. The fraction of sp³-hybridized carbons (Fsp3) is 0. The SMILES string of the molecule is Nc1ccc(C(=O)Nc2cc(Br)cnc2Cl)c(F)c1. The molecule has 1 heterocycles. The van der Waals surface area contributed by atoms with Gasteiger partial charge in [-0.15, -0.1) is 0 Å². The van der Waals surface area contributed by atoms with Gasteiger partial charge in [0.1, 0.15) is 5.82 Å². The lowest BCUT2D eigenvalue weighted by Gasteiger charge is -2.08. The van der Waals surface area contributed by atoms with Gasteiger partial charge in [-0.2, -0.15) is 0 Å².